The number of nitrogens with one attached hydrogen (secondary N) is 1. The maximum Gasteiger partial charge on any atom is 0.0682 e. The number of halogens is 1. The molecular weight excluding hydrogens is 314 g/mol. The lowest BCUT2D eigenvalue weighted by Gasteiger charge is -2.04. The third-order valence-corrected chi connectivity index (χ3v) is 3.21. The Hall–Kier alpha value is 0.140. The SMILES string of the molecule is Br.CCCC/C=C\CCCCCCCCONCCC. The summed E-state index contributed by atoms with van der Waals surface area (Å²) in [6, 6.07) is 0. The number of allylic oxidation sites excluding steroid dienone is 2. The Morgan fingerprint density at radius 2 is 1.35 bits per heavy atom. The number of hydrogen-bond donors (Lipinski definition) is 1. The van der Waals surface area contributed by atoms with Gasteiger partial charge in [-0.1, -0.05) is 64.5 Å². The third-order valence-electron chi connectivity index (χ3n) is 3.21. The molecular formula is C17H36BrNO. The van der Waals surface area contributed by atoms with Gasteiger partial charge in [-0.05, 0) is 32.1 Å². The highest BCUT2D eigenvalue weighted by molar-refractivity contribution is 8.93. The van der Waals surface area contributed by atoms with Gasteiger partial charge in [0.2, 0.25) is 0 Å². The van der Waals surface area contributed by atoms with Crippen molar-refractivity contribution in [1.82, 2.24) is 5.48 Å². The molecule has 0 aromatic rings. The highest BCUT2D eigenvalue weighted by atomic mass is 79.9. The highest BCUT2D eigenvalue weighted by Crippen LogP contribution is 2.08. The van der Waals surface area contributed by atoms with Crippen molar-refractivity contribution in [2.24, 2.45) is 0 Å². The van der Waals surface area contributed by atoms with E-state index >= 15 is 0 Å². The van der Waals surface area contributed by atoms with E-state index in [9.17, 15) is 0 Å². The first-order chi connectivity index (χ1) is 9.41. The van der Waals surface area contributed by atoms with Gasteiger partial charge < -0.3 is 4.84 Å². The van der Waals surface area contributed by atoms with Crippen molar-refractivity contribution in [3.63, 3.8) is 0 Å². The van der Waals surface area contributed by atoms with Crippen LogP contribution in [0.2, 0.25) is 0 Å². The fourth-order valence-electron chi connectivity index (χ4n) is 1.95. The summed E-state index contributed by atoms with van der Waals surface area (Å²) in [4.78, 5) is 5.31. The first-order valence-electron chi connectivity index (χ1n) is 8.41. The second kappa shape index (κ2) is 21.4. The van der Waals surface area contributed by atoms with Crippen LogP contribution < -0.4 is 5.48 Å². The van der Waals surface area contributed by atoms with Crippen LogP contribution in [-0.4, -0.2) is 13.2 Å². The van der Waals surface area contributed by atoms with Crippen LogP contribution in [0.4, 0.5) is 0 Å². The normalized spacial score (nSPS) is 10.9. The average Bonchev–Trinajstić information content (AvgIpc) is 2.43. The van der Waals surface area contributed by atoms with Gasteiger partial charge in [-0.2, -0.15) is 0 Å². The standard InChI is InChI=1S/C17H35NO.BrH/c1-3-5-6-7-8-9-10-11-12-13-14-15-17-19-18-16-4-2;/h7-8,18H,3-6,9-17H2,1-2H3;1H/b8-7-;. The van der Waals surface area contributed by atoms with Crippen molar-refractivity contribution in [2.75, 3.05) is 13.2 Å². The predicted octanol–water partition coefficient (Wildman–Crippen LogP) is 5.97. The molecule has 0 saturated carbocycles. The van der Waals surface area contributed by atoms with Gasteiger partial charge in [0, 0.05) is 6.54 Å². The van der Waals surface area contributed by atoms with Crippen LogP contribution in [0.25, 0.3) is 0 Å². The van der Waals surface area contributed by atoms with E-state index in [4.69, 9.17) is 4.84 Å². The van der Waals surface area contributed by atoms with Crippen LogP contribution in [-0.2, 0) is 4.84 Å². The molecule has 2 nitrogen and oxygen atoms in total. The van der Waals surface area contributed by atoms with E-state index in [2.05, 4.69) is 31.5 Å². The zero-order chi connectivity index (χ0) is 14.0. The molecule has 0 aromatic heterocycles. The summed E-state index contributed by atoms with van der Waals surface area (Å²) in [6.45, 7) is 6.22. The summed E-state index contributed by atoms with van der Waals surface area (Å²) < 4.78 is 0. The monoisotopic (exact) mass is 349 g/mol. The van der Waals surface area contributed by atoms with Gasteiger partial charge in [-0.3, -0.25) is 0 Å². The second-order valence-electron chi connectivity index (χ2n) is 5.27. The molecule has 0 fully saturated rings. The molecule has 0 bridgehead atoms. The molecule has 0 aliphatic rings. The van der Waals surface area contributed by atoms with E-state index in [1.807, 2.05) is 0 Å². The maximum absolute atomic E-state index is 5.31. The molecule has 1 N–H and O–H groups in total. The summed E-state index contributed by atoms with van der Waals surface area (Å²) in [5, 5.41) is 0. The first-order valence-corrected chi connectivity index (χ1v) is 8.41. The molecule has 0 aromatic carbocycles. The van der Waals surface area contributed by atoms with E-state index in [1.165, 1.54) is 64.2 Å². The lowest BCUT2D eigenvalue weighted by molar-refractivity contribution is 0.0387. The number of rotatable bonds is 15. The van der Waals surface area contributed by atoms with E-state index in [-0.39, 0.29) is 17.0 Å². The summed E-state index contributed by atoms with van der Waals surface area (Å²) in [5.41, 5.74) is 2.97. The lowest BCUT2D eigenvalue weighted by atomic mass is 10.1. The largest absolute Gasteiger partial charge is 0.302 e. The van der Waals surface area contributed by atoms with E-state index in [1.54, 1.807) is 0 Å². The Morgan fingerprint density at radius 1 is 0.750 bits per heavy atom. The highest BCUT2D eigenvalue weighted by Gasteiger charge is 1.91. The number of hydrogen-bond acceptors (Lipinski definition) is 2. The van der Waals surface area contributed by atoms with Crippen molar-refractivity contribution in [2.45, 2.75) is 84.5 Å². The molecule has 0 radical (unpaired) electrons. The van der Waals surface area contributed by atoms with Crippen molar-refractivity contribution in [1.29, 1.82) is 0 Å². The van der Waals surface area contributed by atoms with Gasteiger partial charge in [-0.15, -0.1) is 17.0 Å². The quantitative estimate of drug-likeness (QED) is 0.223. The number of unbranched alkanes of at least 4 members (excludes halogenated alkanes) is 8. The van der Waals surface area contributed by atoms with Gasteiger partial charge in [0.05, 0.1) is 6.61 Å². The Morgan fingerprint density at radius 3 is 2.00 bits per heavy atom. The first kappa shape index (κ1) is 22.4. The van der Waals surface area contributed by atoms with Crippen molar-refractivity contribution in [3.05, 3.63) is 12.2 Å². The fraction of sp³-hybridized carbons (Fsp3) is 0.882. The van der Waals surface area contributed by atoms with Crippen LogP contribution in [0, 0.1) is 0 Å². The van der Waals surface area contributed by atoms with Crippen LogP contribution in [0.5, 0.6) is 0 Å². The molecule has 0 rings (SSSR count). The minimum absolute atomic E-state index is 0. The summed E-state index contributed by atoms with van der Waals surface area (Å²) in [7, 11) is 0. The molecule has 0 spiro atoms. The Bertz CT molecular complexity index is 186. The predicted molar refractivity (Wildman–Crippen MR) is 95.6 cm³/mol. The zero-order valence-electron chi connectivity index (χ0n) is 13.7. The fourth-order valence-corrected chi connectivity index (χ4v) is 1.95. The second-order valence-corrected chi connectivity index (χ2v) is 5.27. The molecule has 3 heteroatoms. The molecule has 0 aliphatic carbocycles. The molecule has 122 valence electrons. The number of hydroxylamine groups is 1. The molecule has 0 heterocycles. The molecule has 0 atom stereocenters. The zero-order valence-corrected chi connectivity index (χ0v) is 15.4. The molecule has 0 amide bonds. The molecule has 20 heavy (non-hydrogen) atoms. The lowest BCUT2D eigenvalue weighted by Crippen LogP contribution is -2.15. The van der Waals surface area contributed by atoms with Gasteiger partial charge in [0.1, 0.15) is 0 Å². The van der Waals surface area contributed by atoms with E-state index < -0.39 is 0 Å². The summed E-state index contributed by atoms with van der Waals surface area (Å²) in [5.74, 6) is 0. The van der Waals surface area contributed by atoms with Crippen molar-refractivity contribution >= 4 is 17.0 Å². The molecule has 0 aliphatic heterocycles. The molecule has 0 saturated heterocycles. The van der Waals surface area contributed by atoms with E-state index in [0.717, 1.165) is 19.6 Å². The summed E-state index contributed by atoms with van der Waals surface area (Å²) >= 11 is 0. The van der Waals surface area contributed by atoms with Crippen LogP contribution in [0.3, 0.4) is 0 Å². The van der Waals surface area contributed by atoms with Gasteiger partial charge >= 0.3 is 0 Å². The minimum atomic E-state index is 0. The maximum atomic E-state index is 5.31. The molecule has 0 unspecified atom stereocenters. The van der Waals surface area contributed by atoms with E-state index in [0.29, 0.717) is 0 Å². The van der Waals surface area contributed by atoms with Crippen LogP contribution in [0.15, 0.2) is 12.2 Å². The summed E-state index contributed by atoms with van der Waals surface area (Å²) in [6.07, 6.45) is 19.0. The smallest absolute Gasteiger partial charge is 0.0682 e. The van der Waals surface area contributed by atoms with Crippen molar-refractivity contribution < 1.29 is 4.84 Å². The van der Waals surface area contributed by atoms with Gasteiger partial charge in [0.15, 0.2) is 0 Å². The Balaban J connectivity index is 0. The Labute approximate surface area is 137 Å². The van der Waals surface area contributed by atoms with Gasteiger partial charge in [-0.25, -0.2) is 5.48 Å². The average molecular weight is 350 g/mol. The van der Waals surface area contributed by atoms with Crippen LogP contribution >= 0.6 is 17.0 Å². The van der Waals surface area contributed by atoms with Crippen molar-refractivity contribution in [3.8, 4) is 0 Å². The van der Waals surface area contributed by atoms with Crippen LogP contribution in [0.1, 0.15) is 84.5 Å². The van der Waals surface area contributed by atoms with Gasteiger partial charge in [0.25, 0.3) is 0 Å². The Kier molecular flexibility index (Phi) is 24.0. The topological polar surface area (TPSA) is 21.3 Å². The minimum Gasteiger partial charge on any atom is -0.302 e. The third kappa shape index (κ3) is 20.5.